The lowest BCUT2D eigenvalue weighted by Gasteiger charge is -1.79. The van der Waals surface area contributed by atoms with Crippen LogP contribution in [0.2, 0.25) is 0 Å². The third-order valence-corrected chi connectivity index (χ3v) is 0.990. The second kappa shape index (κ2) is 5.41. The molecule has 62 valence electrons. The summed E-state index contributed by atoms with van der Waals surface area (Å²) in [5.41, 5.74) is 1.48. The first kappa shape index (κ1) is 9.62. The lowest BCUT2D eigenvalue weighted by atomic mass is 10.3. The Morgan fingerprint density at radius 3 is 1.82 bits per heavy atom. The fourth-order valence-electron chi connectivity index (χ4n) is 0.548. The van der Waals surface area contributed by atoms with Crippen LogP contribution in [0.3, 0.4) is 0 Å². The van der Waals surface area contributed by atoms with E-state index in [9.17, 15) is 0 Å². The fourth-order valence-corrected chi connectivity index (χ4v) is 0.548. The SMILES string of the molecule is C=Cc1n[nH]nc1C=C.CC.[HH]. The molecule has 1 aromatic rings. The van der Waals surface area contributed by atoms with E-state index in [0.717, 1.165) is 11.4 Å². The first-order valence-electron chi connectivity index (χ1n) is 3.54. The van der Waals surface area contributed by atoms with Crippen molar-refractivity contribution in [3.05, 3.63) is 24.5 Å². The van der Waals surface area contributed by atoms with Gasteiger partial charge in [-0.25, -0.2) is 0 Å². The molecule has 0 bridgehead atoms. The van der Waals surface area contributed by atoms with Crippen molar-refractivity contribution in [2.75, 3.05) is 0 Å². The van der Waals surface area contributed by atoms with Gasteiger partial charge in [0.1, 0.15) is 11.4 Å². The van der Waals surface area contributed by atoms with E-state index >= 15 is 0 Å². The van der Waals surface area contributed by atoms with Crippen molar-refractivity contribution < 1.29 is 1.43 Å². The lowest BCUT2D eigenvalue weighted by molar-refractivity contribution is 0.935. The quantitative estimate of drug-likeness (QED) is 0.708. The van der Waals surface area contributed by atoms with Crippen LogP contribution in [0.5, 0.6) is 0 Å². The van der Waals surface area contributed by atoms with Gasteiger partial charge in [0, 0.05) is 1.43 Å². The minimum absolute atomic E-state index is 0. The maximum atomic E-state index is 3.78. The summed E-state index contributed by atoms with van der Waals surface area (Å²) in [4.78, 5) is 0. The Kier molecular flexibility index (Phi) is 4.73. The average Bonchev–Trinajstić information content (AvgIpc) is 2.54. The number of aromatic amines is 1. The van der Waals surface area contributed by atoms with E-state index in [-0.39, 0.29) is 1.43 Å². The third kappa shape index (κ3) is 2.37. The largest absolute Gasteiger partial charge is 0.197 e. The van der Waals surface area contributed by atoms with Crippen molar-refractivity contribution in [2.24, 2.45) is 0 Å². The number of hydrogen-bond acceptors (Lipinski definition) is 2. The van der Waals surface area contributed by atoms with Crippen LogP contribution in [-0.2, 0) is 0 Å². The number of aromatic nitrogens is 3. The highest BCUT2D eigenvalue weighted by molar-refractivity contribution is 5.55. The maximum absolute atomic E-state index is 3.78. The second-order valence-corrected chi connectivity index (χ2v) is 1.50. The molecule has 0 saturated heterocycles. The van der Waals surface area contributed by atoms with E-state index < -0.39 is 0 Å². The van der Waals surface area contributed by atoms with Crippen molar-refractivity contribution in [2.45, 2.75) is 13.8 Å². The van der Waals surface area contributed by atoms with E-state index in [4.69, 9.17) is 0 Å². The zero-order valence-electron chi connectivity index (χ0n) is 6.96. The molecule has 11 heavy (non-hydrogen) atoms. The molecule has 1 rings (SSSR count). The van der Waals surface area contributed by atoms with Crippen LogP contribution in [0.4, 0.5) is 0 Å². The van der Waals surface area contributed by atoms with Crippen LogP contribution in [-0.4, -0.2) is 15.4 Å². The van der Waals surface area contributed by atoms with Crippen LogP contribution in [0, 0.1) is 0 Å². The number of nitrogens with zero attached hydrogens (tertiary/aromatic N) is 2. The highest BCUT2D eigenvalue weighted by Crippen LogP contribution is 2.01. The van der Waals surface area contributed by atoms with Crippen molar-refractivity contribution in [3.63, 3.8) is 0 Å². The van der Waals surface area contributed by atoms with Gasteiger partial charge in [-0.2, -0.15) is 15.4 Å². The van der Waals surface area contributed by atoms with Crippen LogP contribution in [0.1, 0.15) is 26.7 Å². The van der Waals surface area contributed by atoms with Gasteiger partial charge in [-0.15, -0.1) is 0 Å². The molecule has 0 amide bonds. The molecule has 0 atom stereocenters. The monoisotopic (exact) mass is 153 g/mol. The van der Waals surface area contributed by atoms with Gasteiger partial charge < -0.3 is 0 Å². The van der Waals surface area contributed by atoms with Gasteiger partial charge in [0.15, 0.2) is 0 Å². The molecule has 0 radical (unpaired) electrons. The molecule has 0 aliphatic carbocycles. The molecule has 1 heterocycles. The number of H-pyrrole nitrogens is 1. The van der Waals surface area contributed by atoms with Crippen molar-refractivity contribution in [3.8, 4) is 0 Å². The Bertz CT molecular complexity index is 207. The minimum Gasteiger partial charge on any atom is -0.197 e. The Balaban J connectivity index is 0. The zero-order chi connectivity index (χ0) is 8.69. The van der Waals surface area contributed by atoms with Crippen LogP contribution >= 0.6 is 0 Å². The Morgan fingerprint density at radius 2 is 1.55 bits per heavy atom. The summed E-state index contributed by atoms with van der Waals surface area (Å²) in [6.45, 7) is 11.1. The summed E-state index contributed by atoms with van der Waals surface area (Å²) < 4.78 is 0. The molecule has 0 aromatic carbocycles. The molecule has 0 fully saturated rings. The number of hydrogen-bond donors (Lipinski definition) is 1. The highest BCUT2D eigenvalue weighted by Gasteiger charge is 1.95. The Labute approximate surface area is 68.3 Å². The number of nitrogens with one attached hydrogen (secondary N) is 1. The highest BCUT2D eigenvalue weighted by atomic mass is 15.3. The summed E-state index contributed by atoms with van der Waals surface area (Å²) in [5, 5.41) is 10.0. The van der Waals surface area contributed by atoms with Gasteiger partial charge in [-0.05, 0) is 12.2 Å². The first-order chi connectivity index (χ1) is 5.38. The first-order valence-corrected chi connectivity index (χ1v) is 3.54. The molecule has 1 N–H and O–H groups in total. The van der Waals surface area contributed by atoms with E-state index in [1.165, 1.54) is 0 Å². The Hall–Kier alpha value is -1.38. The van der Waals surface area contributed by atoms with Gasteiger partial charge >= 0.3 is 0 Å². The number of rotatable bonds is 2. The van der Waals surface area contributed by atoms with Gasteiger partial charge in [0.05, 0.1) is 0 Å². The van der Waals surface area contributed by atoms with Crippen LogP contribution in [0.15, 0.2) is 13.2 Å². The summed E-state index contributed by atoms with van der Waals surface area (Å²) >= 11 is 0. The van der Waals surface area contributed by atoms with Crippen molar-refractivity contribution >= 4 is 12.2 Å². The van der Waals surface area contributed by atoms with Crippen molar-refractivity contribution in [1.29, 1.82) is 0 Å². The van der Waals surface area contributed by atoms with E-state index in [1.807, 2.05) is 13.8 Å². The summed E-state index contributed by atoms with van der Waals surface area (Å²) in [6.07, 6.45) is 3.25. The standard InChI is InChI=1S/C6H7N3.C2H6.H2/c1-3-5-6(4-2)8-9-7-5;1-2;/h3-4H,1-2H2,(H,7,8,9);1-2H3;1H. The predicted octanol–water partition coefficient (Wildman–Crippen LogP) is 2.36. The van der Waals surface area contributed by atoms with Gasteiger partial charge in [0.25, 0.3) is 0 Å². The fraction of sp³-hybridized carbons (Fsp3) is 0.250. The maximum Gasteiger partial charge on any atom is 0.112 e. The Morgan fingerprint density at radius 1 is 1.18 bits per heavy atom. The smallest absolute Gasteiger partial charge is 0.112 e. The molecular weight excluding hydrogens is 138 g/mol. The lowest BCUT2D eigenvalue weighted by Crippen LogP contribution is -1.73. The summed E-state index contributed by atoms with van der Waals surface area (Å²) in [7, 11) is 0. The molecule has 0 aliphatic rings. The topological polar surface area (TPSA) is 41.6 Å². The predicted molar refractivity (Wildman–Crippen MR) is 50.0 cm³/mol. The molecular formula is C8H15N3. The zero-order valence-corrected chi connectivity index (χ0v) is 6.96. The van der Waals surface area contributed by atoms with Crippen LogP contribution < -0.4 is 0 Å². The van der Waals surface area contributed by atoms with Gasteiger partial charge in [-0.1, -0.05) is 27.0 Å². The molecule has 3 nitrogen and oxygen atoms in total. The van der Waals surface area contributed by atoms with Gasteiger partial charge in [0.2, 0.25) is 0 Å². The molecule has 0 saturated carbocycles. The van der Waals surface area contributed by atoms with E-state index in [1.54, 1.807) is 12.2 Å². The van der Waals surface area contributed by atoms with Crippen molar-refractivity contribution in [1.82, 2.24) is 15.4 Å². The van der Waals surface area contributed by atoms with E-state index in [2.05, 4.69) is 28.6 Å². The minimum atomic E-state index is 0. The summed E-state index contributed by atoms with van der Waals surface area (Å²) in [6, 6.07) is 0. The normalized spacial score (nSPS) is 7.82. The average molecular weight is 153 g/mol. The second-order valence-electron chi connectivity index (χ2n) is 1.50. The van der Waals surface area contributed by atoms with E-state index in [0.29, 0.717) is 0 Å². The molecule has 0 spiro atoms. The van der Waals surface area contributed by atoms with Crippen LogP contribution in [0.25, 0.3) is 12.2 Å². The van der Waals surface area contributed by atoms with Gasteiger partial charge in [-0.3, -0.25) is 0 Å². The summed E-state index contributed by atoms with van der Waals surface area (Å²) in [5.74, 6) is 0. The molecule has 0 unspecified atom stereocenters. The molecule has 1 aromatic heterocycles. The molecule has 0 aliphatic heterocycles. The molecule has 3 heteroatoms. The third-order valence-electron chi connectivity index (χ3n) is 0.990.